The molecule has 1 aromatic carbocycles. The Hall–Kier alpha value is -1.98. The van der Waals surface area contributed by atoms with E-state index < -0.39 is 22.3 Å². The lowest BCUT2D eigenvalue weighted by molar-refractivity contribution is -0.387. The maximum atomic E-state index is 13.1. The Morgan fingerprint density at radius 3 is 2.72 bits per heavy atom. The summed E-state index contributed by atoms with van der Waals surface area (Å²) in [5, 5.41) is 13.2. The third kappa shape index (κ3) is 3.80. The van der Waals surface area contributed by atoms with E-state index in [0.29, 0.717) is 12.5 Å². The minimum atomic E-state index is -0.946. The number of halogens is 1. The van der Waals surface area contributed by atoms with Gasteiger partial charge in [0.1, 0.15) is 0 Å². The second-order valence-corrected chi connectivity index (χ2v) is 4.36. The molecule has 0 bridgehead atoms. The summed E-state index contributed by atoms with van der Waals surface area (Å²) in [5.74, 6) is -0.926. The minimum Gasteiger partial charge on any atom is -0.352 e. The van der Waals surface area contributed by atoms with Crippen molar-refractivity contribution in [1.29, 1.82) is 0 Å². The lowest BCUT2D eigenvalue weighted by Gasteiger charge is -2.07. The maximum Gasteiger partial charge on any atom is 0.305 e. The van der Waals surface area contributed by atoms with Gasteiger partial charge < -0.3 is 5.32 Å². The van der Waals surface area contributed by atoms with Crippen molar-refractivity contribution in [3.05, 3.63) is 39.7 Å². The molecular formula is C12H15FN2O3. The number of carbonyl (C=O) groups excluding carboxylic acids is 1. The van der Waals surface area contributed by atoms with Gasteiger partial charge in [-0.1, -0.05) is 13.8 Å². The molecule has 1 rings (SSSR count). The fourth-order valence-electron chi connectivity index (χ4n) is 1.37. The third-order valence-electron chi connectivity index (χ3n) is 2.41. The van der Waals surface area contributed by atoms with Crippen LogP contribution in [0.2, 0.25) is 0 Å². The maximum absolute atomic E-state index is 13.1. The number of nitro benzene ring substituents is 1. The smallest absolute Gasteiger partial charge is 0.305 e. The van der Waals surface area contributed by atoms with E-state index in [-0.39, 0.29) is 5.56 Å². The Morgan fingerprint density at radius 2 is 2.17 bits per heavy atom. The van der Waals surface area contributed by atoms with E-state index in [4.69, 9.17) is 0 Å². The molecule has 0 radical (unpaired) electrons. The van der Waals surface area contributed by atoms with Gasteiger partial charge in [-0.3, -0.25) is 14.9 Å². The fraction of sp³-hybridized carbons (Fsp3) is 0.417. The van der Waals surface area contributed by atoms with E-state index in [1.54, 1.807) is 0 Å². The molecule has 0 aliphatic heterocycles. The van der Waals surface area contributed by atoms with Crippen molar-refractivity contribution >= 4 is 11.6 Å². The molecule has 1 N–H and O–H groups in total. The van der Waals surface area contributed by atoms with Crippen LogP contribution >= 0.6 is 0 Å². The topological polar surface area (TPSA) is 72.2 Å². The van der Waals surface area contributed by atoms with E-state index >= 15 is 0 Å². The summed E-state index contributed by atoms with van der Waals surface area (Å²) in [7, 11) is 0. The fourth-order valence-corrected chi connectivity index (χ4v) is 1.37. The van der Waals surface area contributed by atoms with Crippen molar-refractivity contribution in [1.82, 2.24) is 5.32 Å². The molecule has 98 valence electrons. The van der Waals surface area contributed by atoms with Crippen LogP contribution in [0.3, 0.4) is 0 Å². The first kappa shape index (κ1) is 14.1. The number of benzene rings is 1. The summed E-state index contributed by atoms with van der Waals surface area (Å²) in [5.41, 5.74) is -0.599. The lowest BCUT2D eigenvalue weighted by atomic mass is 10.1. The zero-order valence-corrected chi connectivity index (χ0v) is 10.3. The van der Waals surface area contributed by atoms with Crippen molar-refractivity contribution in [2.24, 2.45) is 5.92 Å². The lowest BCUT2D eigenvalue weighted by Crippen LogP contribution is -2.25. The number of nitrogens with one attached hydrogen (secondary N) is 1. The Kier molecular flexibility index (Phi) is 4.76. The standard InChI is InChI=1S/C12H15FN2O3/c1-8(2)5-6-14-12(16)9-3-4-10(13)11(7-9)15(17)18/h3-4,7-8H,5-6H2,1-2H3,(H,14,16). The van der Waals surface area contributed by atoms with E-state index in [0.717, 1.165) is 18.6 Å². The quantitative estimate of drug-likeness (QED) is 0.648. The monoisotopic (exact) mass is 254 g/mol. The van der Waals surface area contributed by atoms with Crippen LogP contribution in [-0.4, -0.2) is 17.4 Å². The Balaban J connectivity index is 2.74. The Bertz CT molecular complexity index is 461. The van der Waals surface area contributed by atoms with Crippen molar-refractivity contribution in [2.45, 2.75) is 20.3 Å². The normalized spacial score (nSPS) is 10.4. The Morgan fingerprint density at radius 1 is 1.50 bits per heavy atom. The van der Waals surface area contributed by atoms with Crippen LogP contribution in [0.4, 0.5) is 10.1 Å². The first-order valence-electron chi connectivity index (χ1n) is 5.64. The van der Waals surface area contributed by atoms with Crippen molar-refractivity contribution in [2.75, 3.05) is 6.54 Å². The van der Waals surface area contributed by atoms with E-state index in [9.17, 15) is 19.3 Å². The second kappa shape index (κ2) is 6.09. The molecule has 0 heterocycles. The molecule has 0 spiro atoms. The van der Waals surface area contributed by atoms with Crippen LogP contribution in [-0.2, 0) is 0 Å². The van der Waals surface area contributed by atoms with Crippen LogP contribution in [0.1, 0.15) is 30.6 Å². The number of nitro groups is 1. The van der Waals surface area contributed by atoms with Crippen LogP contribution in [0, 0.1) is 21.8 Å². The van der Waals surface area contributed by atoms with E-state index in [1.807, 2.05) is 13.8 Å². The zero-order chi connectivity index (χ0) is 13.7. The molecule has 0 saturated carbocycles. The molecule has 0 atom stereocenters. The average molecular weight is 254 g/mol. The Labute approximate surface area is 104 Å². The summed E-state index contributed by atoms with van der Waals surface area (Å²) < 4.78 is 13.1. The average Bonchev–Trinajstić information content (AvgIpc) is 2.28. The minimum absolute atomic E-state index is 0.0897. The van der Waals surface area contributed by atoms with Gasteiger partial charge in [0.25, 0.3) is 5.91 Å². The van der Waals surface area contributed by atoms with Crippen molar-refractivity contribution in [3.8, 4) is 0 Å². The molecule has 0 aliphatic carbocycles. The molecule has 1 amide bonds. The van der Waals surface area contributed by atoms with Crippen molar-refractivity contribution < 1.29 is 14.1 Å². The highest BCUT2D eigenvalue weighted by molar-refractivity contribution is 5.94. The highest BCUT2D eigenvalue weighted by Crippen LogP contribution is 2.18. The molecule has 0 saturated heterocycles. The van der Waals surface area contributed by atoms with Crippen molar-refractivity contribution in [3.63, 3.8) is 0 Å². The number of amides is 1. The van der Waals surface area contributed by atoms with E-state index in [2.05, 4.69) is 5.32 Å². The number of carbonyl (C=O) groups is 1. The van der Waals surface area contributed by atoms with Crippen LogP contribution in [0.25, 0.3) is 0 Å². The summed E-state index contributed by atoms with van der Waals surface area (Å²) in [6, 6.07) is 3.10. The van der Waals surface area contributed by atoms with Gasteiger partial charge >= 0.3 is 5.69 Å². The second-order valence-electron chi connectivity index (χ2n) is 4.36. The number of hydrogen-bond donors (Lipinski definition) is 1. The van der Waals surface area contributed by atoms with Gasteiger partial charge in [0.05, 0.1) is 4.92 Å². The predicted molar refractivity (Wildman–Crippen MR) is 64.8 cm³/mol. The largest absolute Gasteiger partial charge is 0.352 e. The molecule has 18 heavy (non-hydrogen) atoms. The van der Waals surface area contributed by atoms with Gasteiger partial charge in [0.15, 0.2) is 0 Å². The highest BCUT2D eigenvalue weighted by Gasteiger charge is 2.17. The molecule has 0 fully saturated rings. The molecule has 0 unspecified atom stereocenters. The van der Waals surface area contributed by atoms with Gasteiger partial charge in [0.2, 0.25) is 5.82 Å². The zero-order valence-electron chi connectivity index (χ0n) is 10.3. The highest BCUT2D eigenvalue weighted by atomic mass is 19.1. The van der Waals surface area contributed by atoms with Gasteiger partial charge in [0, 0.05) is 18.2 Å². The number of hydrogen-bond acceptors (Lipinski definition) is 3. The SMILES string of the molecule is CC(C)CCNC(=O)c1ccc(F)c([N+](=O)[O-])c1. The molecule has 5 nitrogen and oxygen atoms in total. The third-order valence-corrected chi connectivity index (χ3v) is 2.41. The summed E-state index contributed by atoms with van der Waals surface area (Å²) in [6.07, 6.45) is 0.815. The summed E-state index contributed by atoms with van der Waals surface area (Å²) in [6.45, 7) is 4.53. The first-order valence-corrected chi connectivity index (χ1v) is 5.64. The molecular weight excluding hydrogens is 239 g/mol. The van der Waals surface area contributed by atoms with Gasteiger partial charge in [-0.2, -0.15) is 4.39 Å². The molecule has 0 aliphatic rings. The predicted octanol–water partition coefficient (Wildman–Crippen LogP) is 2.51. The molecule has 1 aromatic rings. The number of rotatable bonds is 5. The van der Waals surface area contributed by atoms with Crippen LogP contribution in [0.5, 0.6) is 0 Å². The van der Waals surface area contributed by atoms with Gasteiger partial charge in [-0.05, 0) is 24.5 Å². The van der Waals surface area contributed by atoms with Gasteiger partial charge in [-0.15, -0.1) is 0 Å². The summed E-state index contributed by atoms with van der Waals surface area (Å²) >= 11 is 0. The van der Waals surface area contributed by atoms with E-state index in [1.165, 1.54) is 6.07 Å². The van der Waals surface area contributed by atoms with Gasteiger partial charge in [-0.25, -0.2) is 0 Å². The van der Waals surface area contributed by atoms with Crippen LogP contribution in [0.15, 0.2) is 18.2 Å². The molecule has 6 heteroatoms. The number of nitrogens with zero attached hydrogens (tertiary/aromatic N) is 1. The molecule has 0 aromatic heterocycles. The summed E-state index contributed by atoms with van der Waals surface area (Å²) in [4.78, 5) is 21.3. The van der Waals surface area contributed by atoms with Crippen LogP contribution < -0.4 is 5.32 Å². The first-order chi connectivity index (χ1) is 8.41.